The molecule has 0 aliphatic carbocycles. The molecule has 2 bridgehead atoms. The second-order valence-electron chi connectivity index (χ2n) is 8.01. The third kappa shape index (κ3) is 3.78. The first-order chi connectivity index (χ1) is 14.3. The molecule has 7 nitrogen and oxygen atoms in total. The fraction of sp³-hybridized carbons (Fsp3) is 0.333. The Morgan fingerprint density at radius 1 is 1.10 bits per heavy atom. The van der Waals surface area contributed by atoms with E-state index in [1.165, 1.54) is 18.1 Å². The lowest BCUT2D eigenvalue weighted by molar-refractivity contribution is 0.257. The molecule has 1 saturated heterocycles. The number of fused-ring (bicyclic) bond motifs is 5. The van der Waals surface area contributed by atoms with Crippen LogP contribution in [-0.2, 0) is 13.1 Å². The number of aromatic nitrogens is 5. The lowest BCUT2D eigenvalue weighted by atomic mass is 9.84. The Kier molecular flexibility index (Phi) is 6.16. The number of nitrogens with one attached hydrogen (secondary N) is 1. The van der Waals surface area contributed by atoms with Gasteiger partial charge >= 0.3 is 0 Å². The third-order valence-electron chi connectivity index (χ3n) is 6.14. The molecule has 5 heterocycles. The van der Waals surface area contributed by atoms with Crippen LogP contribution in [0.1, 0.15) is 23.6 Å². The SMILES string of the molecule is Cl.Cl.O=c1c(-c2nccn2Cc2ccc3nsnc3c2)ccc2n1C[C@@H]1CNC[C@H]2C1. The fourth-order valence-electron chi connectivity index (χ4n) is 4.76. The normalized spacial score (nSPS) is 19.4. The van der Waals surface area contributed by atoms with Gasteiger partial charge in [0.15, 0.2) is 0 Å². The summed E-state index contributed by atoms with van der Waals surface area (Å²) in [6.45, 7) is 3.38. The summed E-state index contributed by atoms with van der Waals surface area (Å²) in [5.41, 5.74) is 4.83. The molecule has 0 saturated carbocycles. The molecule has 1 aromatic carbocycles. The molecular weight excluding hydrogens is 455 g/mol. The number of nitrogens with zero attached hydrogens (tertiary/aromatic N) is 5. The van der Waals surface area contributed by atoms with Crippen LogP contribution in [-0.4, -0.2) is 36.0 Å². The summed E-state index contributed by atoms with van der Waals surface area (Å²) in [7, 11) is 0. The Bertz CT molecular complexity index is 1280. The zero-order chi connectivity index (χ0) is 19.4. The minimum atomic E-state index is 0. The topological polar surface area (TPSA) is 77.6 Å². The summed E-state index contributed by atoms with van der Waals surface area (Å²) in [5.74, 6) is 1.69. The number of hydrogen-bond acceptors (Lipinski definition) is 6. The average molecular weight is 477 g/mol. The van der Waals surface area contributed by atoms with Crippen LogP contribution in [0.3, 0.4) is 0 Å². The van der Waals surface area contributed by atoms with Crippen molar-refractivity contribution in [1.29, 1.82) is 0 Å². The lowest BCUT2D eigenvalue weighted by Crippen LogP contribution is -2.45. The molecule has 2 atom stereocenters. The van der Waals surface area contributed by atoms with Gasteiger partial charge in [0.25, 0.3) is 5.56 Å². The van der Waals surface area contributed by atoms with Gasteiger partial charge in [-0.3, -0.25) is 4.79 Å². The Morgan fingerprint density at radius 2 is 1.97 bits per heavy atom. The van der Waals surface area contributed by atoms with Crippen LogP contribution in [0.25, 0.3) is 22.4 Å². The van der Waals surface area contributed by atoms with Gasteiger partial charge in [-0.05, 0) is 48.7 Å². The van der Waals surface area contributed by atoms with Crippen LogP contribution in [0, 0.1) is 5.92 Å². The molecule has 6 rings (SSSR count). The first kappa shape index (κ1) is 22.0. The highest BCUT2D eigenvalue weighted by Crippen LogP contribution is 2.32. The average Bonchev–Trinajstić information content (AvgIpc) is 3.38. The van der Waals surface area contributed by atoms with Crippen molar-refractivity contribution >= 4 is 47.6 Å². The molecule has 31 heavy (non-hydrogen) atoms. The van der Waals surface area contributed by atoms with E-state index in [1.807, 2.05) is 27.5 Å². The zero-order valence-corrected chi connectivity index (χ0v) is 19.1. The van der Waals surface area contributed by atoms with Crippen LogP contribution in [0.4, 0.5) is 0 Å². The minimum Gasteiger partial charge on any atom is -0.326 e. The van der Waals surface area contributed by atoms with E-state index in [9.17, 15) is 4.79 Å². The highest BCUT2D eigenvalue weighted by Gasteiger charge is 2.31. The predicted molar refractivity (Wildman–Crippen MR) is 127 cm³/mol. The molecule has 2 aliphatic heterocycles. The number of hydrogen-bond donors (Lipinski definition) is 1. The second-order valence-corrected chi connectivity index (χ2v) is 8.54. The van der Waals surface area contributed by atoms with Crippen LogP contribution in [0.2, 0.25) is 0 Å². The van der Waals surface area contributed by atoms with E-state index in [1.54, 1.807) is 6.20 Å². The molecule has 162 valence electrons. The van der Waals surface area contributed by atoms with Gasteiger partial charge in [0.2, 0.25) is 0 Å². The number of piperidine rings is 1. The largest absolute Gasteiger partial charge is 0.326 e. The van der Waals surface area contributed by atoms with Crippen LogP contribution in [0.5, 0.6) is 0 Å². The highest BCUT2D eigenvalue weighted by atomic mass is 35.5. The van der Waals surface area contributed by atoms with E-state index < -0.39 is 0 Å². The van der Waals surface area contributed by atoms with Crippen molar-refractivity contribution in [3.8, 4) is 11.4 Å². The number of rotatable bonds is 3. The monoisotopic (exact) mass is 476 g/mol. The molecule has 0 spiro atoms. The van der Waals surface area contributed by atoms with Gasteiger partial charge in [-0.15, -0.1) is 24.8 Å². The Balaban J connectivity index is 0.00000116. The molecule has 1 fully saturated rings. The van der Waals surface area contributed by atoms with E-state index in [0.29, 0.717) is 23.9 Å². The maximum absolute atomic E-state index is 13.4. The quantitative estimate of drug-likeness (QED) is 0.490. The summed E-state index contributed by atoms with van der Waals surface area (Å²) in [4.78, 5) is 17.9. The van der Waals surface area contributed by atoms with Crippen molar-refractivity contribution in [1.82, 2.24) is 28.2 Å². The van der Waals surface area contributed by atoms with Crippen molar-refractivity contribution in [3.63, 3.8) is 0 Å². The Labute approximate surface area is 195 Å². The van der Waals surface area contributed by atoms with Gasteiger partial charge in [-0.25, -0.2) is 4.98 Å². The van der Waals surface area contributed by atoms with Crippen LogP contribution >= 0.6 is 36.5 Å². The van der Waals surface area contributed by atoms with Crippen molar-refractivity contribution in [3.05, 3.63) is 64.3 Å². The number of imidazole rings is 1. The molecule has 0 radical (unpaired) electrons. The van der Waals surface area contributed by atoms with E-state index >= 15 is 0 Å². The van der Waals surface area contributed by atoms with E-state index in [-0.39, 0.29) is 30.4 Å². The summed E-state index contributed by atoms with van der Waals surface area (Å²) >= 11 is 1.22. The van der Waals surface area contributed by atoms with Crippen LogP contribution in [0.15, 0.2) is 47.5 Å². The first-order valence-electron chi connectivity index (χ1n) is 9.93. The van der Waals surface area contributed by atoms with Gasteiger partial charge in [0.05, 0.1) is 17.3 Å². The Hall–Kier alpha value is -2.26. The summed E-state index contributed by atoms with van der Waals surface area (Å²) in [6, 6.07) is 10.2. The maximum atomic E-state index is 13.4. The predicted octanol–water partition coefficient (Wildman–Crippen LogP) is 3.32. The summed E-state index contributed by atoms with van der Waals surface area (Å²) in [5, 5.41) is 3.50. The van der Waals surface area contributed by atoms with Gasteiger partial charge in [-0.2, -0.15) is 8.75 Å². The fourth-order valence-corrected chi connectivity index (χ4v) is 5.28. The maximum Gasteiger partial charge on any atom is 0.261 e. The van der Waals surface area contributed by atoms with Crippen molar-refractivity contribution in [2.45, 2.75) is 25.4 Å². The molecule has 0 amide bonds. The second kappa shape index (κ2) is 8.70. The molecular formula is C21H22Cl2N6OS. The molecule has 2 aliphatic rings. The smallest absolute Gasteiger partial charge is 0.261 e. The first-order valence-corrected chi connectivity index (χ1v) is 10.7. The number of pyridine rings is 1. The molecule has 3 aromatic heterocycles. The molecule has 4 aromatic rings. The van der Waals surface area contributed by atoms with Crippen molar-refractivity contribution in [2.24, 2.45) is 5.92 Å². The summed E-state index contributed by atoms with van der Waals surface area (Å²) in [6.07, 6.45) is 4.87. The van der Waals surface area contributed by atoms with E-state index in [0.717, 1.165) is 47.7 Å². The van der Waals surface area contributed by atoms with Gasteiger partial charge in [-0.1, -0.05) is 6.07 Å². The van der Waals surface area contributed by atoms with E-state index in [2.05, 4.69) is 37.2 Å². The van der Waals surface area contributed by atoms with Gasteiger partial charge in [0, 0.05) is 43.6 Å². The highest BCUT2D eigenvalue weighted by molar-refractivity contribution is 7.00. The van der Waals surface area contributed by atoms with Crippen molar-refractivity contribution < 1.29 is 0 Å². The number of benzene rings is 1. The third-order valence-corrected chi connectivity index (χ3v) is 6.69. The van der Waals surface area contributed by atoms with Crippen molar-refractivity contribution in [2.75, 3.05) is 13.1 Å². The molecule has 1 N–H and O–H groups in total. The molecule has 0 unspecified atom stereocenters. The number of halogens is 2. The van der Waals surface area contributed by atoms with Gasteiger partial charge in [0.1, 0.15) is 16.9 Å². The Morgan fingerprint density at radius 3 is 2.87 bits per heavy atom. The van der Waals surface area contributed by atoms with Gasteiger partial charge < -0.3 is 14.5 Å². The van der Waals surface area contributed by atoms with Crippen LogP contribution < -0.4 is 10.9 Å². The minimum absolute atomic E-state index is 0. The zero-order valence-electron chi connectivity index (χ0n) is 16.6. The molecule has 10 heteroatoms. The summed E-state index contributed by atoms with van der Waals surface area (Å²) < 4.78 is 12.6. The standard InChI is InChI=1S/C21H20N6OS.2ClH/c28-21-16(2-4-19-15-7-14(9-22-10-15)12-27(19)21)20-23-5-6-26(20)11-13-1-3-17-18(8-13)25-29-24-17;;/h1-6,8,14-15,22H,7,9-12H2;2*1H/t14-,15+;;/m0../s1. The lowest BCUT2D eigenvalue weighted by Gasteiger charge is -2.37. The van der Waals surface area contributed by atoms with E-state index in [4.69, 9.17) is 0 Å².